The molecule has 1 aliphatic heterocycles. The third kappa shape index (κ3) is 3.45. The van der Waals surface area contributed by atoms with Gasteiger partial charge in [-0.15, -0.1) is 0 Å². The molecule has 1 unspecified atom stereocenters. The van der Waals surface area contributed by atoms with E-state index in [0.717, 1.165) is 30.6 Å². The van der Waals surface area contributed by atoms with Crippen LogP contribution in [-0.2, 0) is 6.54 Å². The summed E-state index contributed by atoms with van der Waals surface area (Å²) in [5.74, 6) is -0.205. The monoisotopic (exact) mass is 266 g/mol. The van der Waals surface area contributed by atoms with E-state index in [1.54, 1.807) is 6.07 Å². The van der Waals surface area contributed by atoms with Crippen LogP contribution >= 0.6 is 0 Å². The standard InChI is InChI=1S/C15H23FN2O/c1-11(2)17-9-12-8-13(16)5-6-15(12)18-7-3-4-14(18)10-19/h5-6,8,11,14,17,19H,3-4,7,9-10H2,1-2H3. The van der Waals surface area contributed by atoms with E-state index in [0.29, 0.717) is 12.6 Å². The highest BCUT2D eigenvalue weighted by Gasteiger charge is 2.25. The summed E-state index contributed by atoms with van der Waals surface area (Å²) in [5, 5.41) is 12.8. The molecule has 4 heteroatoms. The van der Waals surface area contributed by atoms with Gasteiger partial charge in [0.25, 0.3) is 0 Å². The number of hydrogen-bond acceptors (Lipinski definition) is 3. The second-order valence-corrected chi connectivity index (χ2v) is 5.48. The van der Waals surface area contributed by atoms with E-state index in [-0.39, 0.29) is 18.5 Å². The Balaban J connectivity index is 2.23. The number of nitrogens with zero attached hydrogens (tertiary/aromatic N) is 1. The van der Waals surface area contributed by atoms with Gasteiger partial charge < -0.3 is 15.3 Å². The van der Waals surface area contributed by atoms with Crippen LogP contribution in [0.2, 0.25) is 0 Å². The number of halogens is 1. The van der Waals surface area contributed by atoms with E-state index in [2.05, 4.69) is 24.1 Å². The first-order chi connectivity index (χ1) is 9.11. The maximum atomic E-state index is 13.4. The van der Waals surface area contributed by atoms with E-state index in [4.69, 9.17) is 0 Å². The lowest BCUT2D eigenvalue weighted by atomic mass is 10.1. The van der Waals surface area contributed by atoms with Gasteiger partial charge in [0, 0.05) is 24.8 Å². The molecule has 1 fully saturated rings. The lowest BCUT2D eigenvalue weighted by molar-refractivity contribution is 0.266. The highest BCUT2D eigenvalue weighted by molar-refractivity contribution is 5.55. The van der Waals surface area contributed by atoms with Gasteiger partial charge in [0.1, 0.15) is 5.82 Å². The van der Waals surface area contributed by atoms with Crippen LogP contribution in [0.25, 0.3) is 0 Å². The van der Waals surface area contributed by atoms with Crippen molar-refractivity contribution in [2.75, 3.05) is 18.1 Å². The summed E-state index contributed by atoms with van der Waals surface area (Å²) in [6.07, 6.45) is 2.09. The summed E-state index contributed by atoms with van der Waals surface area (Å²) < 4.78 is 13.4. The second kappa shape index (κ2) is 6.35. The molecule has 1 aliphatic rings. The summed E-state index contributed by atoms with van der Waals surface area (Å²) in [6.45, 7) is 5.90. The molecule has 1 atom stereocenters. The third-order valence-electron chi connectivity index (χ3n) is 3.64. The van der Waals surface area contributed by atoms with Crippen LogP contribution in [0.3, 0.4) is 0 Å². The van der Waals surface area contributed by atoms with Gasteiger partial charge in [0.15, 0.2) is 0 Å². The molecule has 19 heavy (non-hydrogen) atoms. The smallest absolute Gasteiger partial charge is 0.123 e. The summed E-state index contributed by atoms with van der Waals surface area (Å²) in [6, 6.07) is 5.46. The molecule has 2 rings (SSSR count). The molecule has 106 valence electrons. The second-order valence-electron chi connectivity index (χ2n) is 5.48. The van der Waals surface area contributed by atoms with Crippen LogP contribution in [0.4, 0.5) is 10.1 Å². The summed E-state index contributed by atoms with van der Waals surface area (Å²) in [4.78, 5) is 2.21. The Morgan fingerprint density at radius 2 is 2.26 bits per heavy atom. The predicted octanol–water partition coefficient (Wildman–Crippen LogP) is 2.28. The molecule has 0 amide bonds. The van der Waals surface area contributed by atoms with Crippen molar-refractivity contribution in [2.24, 2.45) is 0 Å². The highest BCUT2D eigenvalue weighted by atomic mass is 19.1. The fourth-order valence-electron chi connectivity index (χ4n) is 2.63. The predicted molar refractivity (Wildman–Crippen MR) is 75.8 cm³/mol. The summed E-state index contributed by atoms with van der Waals surface area (Å²) in [7, 11) is 0. The molecule has 0 aliphatic carbocycles. The number of benzene rings is 1. The maximum Gasteiger partial charge on any atom is 0.123 e. The average molecular weight is 266 g/mol. The minimum atomic E-state index is -0.205. The Labute approximate surface area is 114 Å². The van der Waals surface area contributed by atoms with Crippen molar-refractivity contribution in [1.82, 2.24) is 5.32 Å². The van der Waals surface area contributed by atoms with Crippen molar-refractivity contribution >= 4 is 5.69 Å². The van der Waals surface area contributed by atoms with Gasteiger partial charge in [-0.2, -0.15) is 0 Å². The van der Waals surface area contributed by atoms with Crippen LogP contribution in [0.15, 0.2) is 18.2 Å². The van der Waals surface area contributed by atoms with Crippen LogP contribution in [0, 0.1) is 5.82 Å². The van der Waals surface area contributed by atoms with Gasteiger partial charge in [0.05, 0.1) is 12.6 Å². The first-order valence-electron chi connectivity index (χ1n) is 7.01. The fourth-order valence-corrected chi connectivity index (χ4v) is 2.63. The topological polar surface area (TPSA) is 35.5 Å². The molecule has 1 aromatic rings. The number of rotatable bonds is 5. The van der Waals surface area contributed by atoms with Gasteiger partial charge in [0.2, 0.25) is 0 Å². The molecule has 1 saturated heterocycles. The number of aliphatic hydroxyl groups is 1. The lowest BCUT2D eigenvalue weighted by Crippen LogP contribution is -2.33. The molecule has 2 N–H and O–H groups in total. The number of nitrogens with one attached hydrogen (secondary N) is 1. The molecule has 1 aromatic carbocycles. The first-order valence-corrected chi connectivity index (χ1v) is 7.01. The molecule has 0 radical (unpaired) electrons. The van der Waals surface area contributed by atoms with Crippen molar-refractivity contribution in [1.29, 1.82) is 0 Å². The van der Waals surface area contributed by atoms with E-state index >= 15 is 0 Å². The van der Waals surface area contributed by atoms with Crippen molar-refractivity contribution in [3.05, 3.63) is 29.6 Å². The molecule has 0 spiro atoms. The molecule has 0 saturated carbocycles. The fraction of sp³-hybridized carbons (Fsp3) is 0.600. The van der Waals surface area contributed by atoms with Crippen molar-refractivity contribution in [3.63, 3.8) is 0 Å². The van der Waals surface area contributed by atoms with Crippen molar-refractivity contribution in [3.8, 4) is 0 Å². The minimum Gasteiger partial charge on any atom is -0.394 e. The SMILES string of the molecule is CC(C)NCc1cc(F)ccc1N1CCCC1CO. The molecular weight excluding hydrogens is 243 g/mol. The van der Waals surface area contributed by atoms with Gasteiger partial charge in [-0.05, 0) is 36.6 Å². The molecule has 0 aromatic heterocycles. The van der Waals surface area contributed by atoms with Crippen molar-refractivity contribution < 1.29 is 9.50 Å². The van der Waals surface area contributed by atoms with E-state index in [1.807, 2.05) is 6.07 Å². The summed E-state index contributed by atoms with van der Waals surface area (Å²) >= 11 is 0. The molecule has 3 nitrogen and oxygen atoms in total. The van der Waals surface area contributed by atoms with Crippen LogP contribution in [-0.4, -0.2) is 30.3 Å². The van der Waals surface area contributed by atoms with E-state index in [9.17, 15) is 9.50 Å². The Kier molecular flexibility index (Phi) is 4.77. The highest BCUT2D eigenvalue weighted by Crippen LogP contribution is 2.29. The van der Waals surface area contributed by atoms with Crippen LogP contribution in [0.5, 0.6) is 0 Å². The van der Waals surface area contributed by atoms with Gasteiger partial charge in [-0.3, -0.25) is 0 Å². The molecule has 1 heterocycles. The van der Waals surface area contributed by atoms with Gasteiger partial charge in [-0.1, -0.05) is 13.8 Å². The minimum absolute atomic E-state index is 0.161. The normalized spacial score (nSPS) is 19.4. The molecule has 0 bridgehead atoms. The summed E-state index contributed by atoms with van der Waals surface area (Å²) in [5.41, 5.74) is 2.01. The quantitative estimate of drug-likeness (QED) is 0.858. The molecular formula is C15H23FN2O. The zero-order valence-electron chi connectivity index (χ0n) is 11.7. The Hall–Kier alpha value is -1.13. The Bertz CT molecular complexity index is 423. The lowest BCUT2D eigenvalue weighted by Gasteiger charge is -2.28. The Morgan fingerprint density at radius 3 is 2.95 bits per heavy atom. The largest absolute Gasteiger partial charge is 0.394 e. The zero-order chi connectivity index (χ0) is 13.8. The average Bonchev–Trinajstić information content (AvgIpc) is 2.84. The third-order valence-corrected chi connectivity index (χ3v) is 3.64. The number of hydrogen-bond donors (Lipinski definition) is 2. The van der Waals surface area contributed by atoms with Crippen LogP contribution < -0.4 is 10.2 Å². The number of anilines is 1. The maximum absolute atomic E-state index is 13.4. The van der Waals surface area contributed by atoms with Crippen LogP contribution in [0.1, 0.15) is 32.3 Å². The van der Waals surface area contributed by atoms with E-state index < -0.39 is 0 Å². The zero-order valence-corrected chi connectivity index (χ0v) is 11.7. The van der Waals surface area contributed by atoms with Crippen molar-refractivity contribution in [2.45, 2.75) is 45.3 Å². The first kappa shape index (κ1) is 14.3. The number of aliphatic hydroxyl groups excluding tert-OH is 1. The van der Waals surface area contributed by atoms with Gasteiger partial charge in [-0.25, -0.2) is 4.39 Å². The van der Waals surface area contributed by atoms with Gasteiger partial charge >= 0.3 is 0 Å². The Morgan fingerprint density at radius 1 is 1.47 bits per heavy atom. The van der Waals surface area contributed by atoms with E-state index in [1.165, 1.54) is 6.07 Å².